The summed E-state index contributed by atoms with van der Waals surface area (Å²) in [7, 11) is 4.16. The maximum absolute atomic E-state index is 12.5. The van der Waals surface area contributed by atoms with Crippen molar-refractivity contribution in [1.82, 2.24) is 9.80 Å². The number of amides is 1. The zero-order chi connectivity index (χ0) is 14.7. The lowest BCUT2D eigenvalue weighted by atomic mass is 10.0. The van der Waals surface area contributed by atoms with Crippen LogP contribution in [0.1, 0.15) is 18.1 Å². The first-order chi connectivity index (χ1) is 9.52. The van der Waals surface area contributed by atoms with Gasteiger partial charge in [0.25, 0.3) is 0 Å². The van der Waals surface area contributed by atoms with Crippen LogP contribution in [0.3, 0.4) is 0 Å². The van der Waals surface area contributed by atoms with Crippen molar-refractivity contribution in [2.75, 3.05) is 27.2 Å². The van der Waals surface area contributed by atoms with Gasteiger partial charge >= 0.3 is 0 Å². The third kappa shape index (κ3) is 3.19. The van der Waals surface area contributed by atoms with Gasteiger partial charge in [0.1, 0.15) is 0 Å². The Bertz CT molecular complexity index is 473. The molecule has 2 N–H and O–H groups in total. The number of carbonyl (C=O) groups is 1. The summed E-state index contributed by atoms with van der Waals surface area (Å²) in [5.74, 6) is 0.737. The molecule has 2 rings (SSSR count). The number of rotatable bonds is 4. The molecule has 20 heavy (non-hydrogen) atoms. The van der Waals surface area contributed by atoms with Crippen molar-refractivity contribution in [2.24, 2.45) is 11.7 Å². The summed E-state index contributed by atoms with van der Waals surface area (Å²) < 4.78 is 0. The van der Waals surface area contributed by atoms with Gasteiger partial charge in [0.15, 0.2) is 0 Å². The van der Waals surface area contributed by atoms with E-state index in [0.717, 1.165) is 24.2 Å². The highest BCUT2D eigenvalue weighted by Crippen LogP contribution is 2.21. The first-order valence-electron chi connectivity index (χ1n) is 7.24. The summed E-state index contributed by atoms with van der Waals surface area (Å²) in [5.41, 5.74) is 7.86. The minimum Gasteiger partial charge on any atom is -0.341 e. The van der Waals surface area contributed by atoms with Gasteiger partial charge in [-0.2, -0.15) is 0 Å². The molecule has 0 saturated carbocycles. The number of likely N-dealkylation sites (N-methyl/N-ethyl adjacent to an activating group) is 1. The van der Waals surface area contributed by atoms with Crippen molar-refractivity contribution in [2.45, 2.75) is 25.9 Å². The fourth-order valence-corrected chi connectivity index (χ4v) is 3.03. The van der Waals surface area contributed by atoms with E-state index < -0.39 is 0 Å². The van der Waals surface area contributed by atoms with Crippen LogP contribution < -0.4 is 5.73 Å². The lowest BCUT2D eigenvalue weighted by molar-refractivity contribution is -0.129. The fraction of sp³-hybridized carbons (Fsp3) is 0.562. The first-order valence-corrected chi connectivity index (χ1v) is 7.24. The second-order valence-corrected chi connectivity index (χ2v) is 5.96. The molecule has 1 fully saturated rings. The Morgan fingerprint density at radius 3 is 2.50 bits per heavy atom. The van der Waals surface area contributed by atoms with Gasteiger partial charge in [0, 0.05) is 25.7 Å². The molecule has 1 amide bonds. The Kier molecular flexibility index (Phi) is 4.78. The quantitative estimate of drug-likeness (QED) is 0.895. The summed E-state index contributed by atoms with van der Waals surface area (Å²) in [6.45, 7) is 4.39. The largest absolute Gasteiger partial charge is 0.341 e. The molecule has 0 radical (unpaired) electrons. The van der Waals surface area contributed by atoms with Crippen LogP contribution in [0.4, 0.5) is 0 Å². The lowest BCUT2D eigenvalue weighted by Gasteiger charge is -2.22. The highest BCUT2D eigenvalue weighted by Gasteiger charge is 2.33. The minimum absolute atomic E-state index is 0.210. The fourth-order valence-electron chi connectivity index (χ4n) is 3.03. The van der Waals surface area contributed by atoms with Crippen LogP contribution in [0, 0.1) is 5.92 Å². The molecule has 4 nitrogen and oxygen atoms in total. The third-order valence-corrected chi connectivity index (χ3v) is 4.27. The zero-order valence-electron chi connectivity index (χ0n) is 12.7. The average Bonchev–Trinajstić information content (AvgIpc) is 2.81. The summed E-state index contributed by atoms with van der Waals surface area (Å²) in [4.78, 5) is 16.7. The molecular weight excluding hydrogens is 250 g/mol. The van der Waals surface area contributed by atoms with E-state index in [1.54, 1.807) is 0 Å². The summed E-state index contributed by atoms with van der Waals surface area (Å²) in [6, 6.07) is 8.40. The molecule has 110 valence electrons. The number of likely N-dealkylation sites (tertiary alicyclic amines) is 1. The van der Waals surface area contributed by atoms with Gasteiger partial charge in [-0.1, -0.05) is 31.2 Å². The SMILES string of the molecule is CC1CN(C(=O)Cc2ccccc2CN)CC1N(C)C. The molecule has 1 aliphatic heterocycles. The van der Waals surface area contributed by atoms with Gasteiger partial charge in [0.2, 0.25) is 5.91 Å². The van der Waals surface area contributed by atoms with E-state index in [-0.39, 0.29) is 5.91 Å². The average molecular weight is 275 g/mol. The van der Waals surface area contributed by atoms with Crippen LogP contribution in [-0.2, 0) is 17.8 Å². The van der Waals surface area contributed by atoms with Crippen molar-refractivity contribution in [3.05, 3.63) is 35.4 Å². The summed E-state index contributed by atoms with van der Waals surface area (Å²) >= 11 is 0. The minimum atomic E-state index is 0.210. The van der Waals surface area contributed by atoms with Crippen LogP contribution in [-0.4, -0.2) is 48.9 Å². The molecule has 0 bridgehead atoms. The molecule has 1 aromatic rings. The van der Waals surface area contributed by atoms with Gasteiger partial charge in [-0.25, -0.2) is 0 Å². The monoisotopic (exact) mass is 275 g/mol. The van der Waals surface area contributed by atoms with Crippen molar-refractivity contribution < 1.29 is 4.79 Å². The highest BCUT2D eigenvalue weighted by atomic mass is 16.2. The number of carbonyl (C=O) groups excluding carboxylic acids is 1. The van der Waals surface area contributed by atoms with E-state index >= 15 is 0 Å². The van der Waals surface area contributed by atoms with Crippen LogP contribution >= 0.6 is 0 Å². The Balaban J connectivity index is 2.03. The number of hydrogen-bond acceptors (Lipinski definition) is 3. The molecular formula is C16H25N3O. The third-order valence-electron chi connectivity index (χ3n) is 4.27. The lowest BCUT2D eigenvalue weighted by Crippen LogP contribution is -2.36. The Morgan fingerprint density at radius 1 is 1.30 bits per heavy atom. The van der Waals surface area contributed by atoms with E-state index in [1.807, 2.05) is 29.2 Å². The summed E-state index contributed by atoms with van der Waals surface area (Å²) in [5, 5.41) is 0. The molecule has 1 aliphatic rings. The number of hydrogen-bond donors (Lipinski definition) is 1. The van der Waals surface area contributed by atoms with Crippen LogP contribution in [0.15, 0.2) is 24.3 Å². The topological polar surface area (TPSA) is 49.6 Å². The van der Waals surface area contributed by atoms with E-state index in [1.165, 1.54) is 0 Å². The second kappa shape index (κ2) is 6.37. The predicted molar refractivity (Wildman–Crippen MR) is 81.3 cm³/mol. The van der Waals surface area contributed by atoms with Gasteiger partial charge in [-0.05, 0) is 31.1 Å². The Hall–Kier alpha value is -1.39. The smallest absolute Gasteiger partial charge is 0.227 e. The summed E-state index contributed by atoms with van der Waals surface area (Å²) in [6.07, 6.45) is 0.459. The van der Waals surface area contributed by atoms with Gasteiger partial charge in [-0.15, -0.1) is 0 Å². The number of nitrogens with zero attached hydrogens (tertiary/aromatic N) is 2. The highest BCUT2D eigenvalue weighted by molar-refractivity contribution is 5.79. The van der Waals surface area contributed by atoms with Crippen LogP contribution in [0.2, 0.25) is 0 Å². The van der Waals surface area contributed by atoms with E-state index in [0.29, 0.717) is 24.9 Å². The second-order valence-electron chi connectivity index (χ2n) is 5.96. The molecule has 4 heteroatoms. The van der Waals surface area contributed by atoms with Gasteiger partial charge in [-0.3, -0.25) is 4.79 Å². The molecule has 0 aliphatic carbocycles. The molecule has 1 heterocycles. The van der Waals surface area contributed by atoms with E-state index in [2.05, 4.69) is 25.9 Å². The molecule has 0 aromatic heterocycles. The molecule has 2 atom stereocenters. The van der Waals surface area contributed by atoms with Gasteiger partial charge < -0.3 is 15.5 Å². The number of nitrogens with two attached hydrogens (primary N) is 1. The molecule has 2 unspecified atom stereocenters. The Morgan fingerprint density at radius 2 is 1.95 bits per heavy atom. The van der Waals surface area contributed by atoms with Crippen molar-refractivity contribution >= 4 is 5.91 Å². The predicted octanol–water partition coefficient (Wildman–Crippen LogP) is 1.10. The van der Waals surface area contributed by atoms with Crippen molar-refractivity contribution in [3.8, 4) is 0 Å². The molecule has 1 aromatic carbocycles. The standard InChI is InChI=1S/C16H25N3O/c1-12-10-19(11-15(12)18(2)3)16(20)8-13-6-4-5-7-14(13)9-17/h4-7,12,15H,8-11,17H2,1-3H3. The molecule has 1 saturated heterocycles. The van der Waals surface area contributed by atoms with Gasteiger partial charge in [0.05, 0.1) is 6.42 Å². The van der Waals surface area contributed by atoms with Crippen molar-refractivity contribution in [1.29, 1.82) is 0 Å². The molecule has 0 spiro atoms. The maximum atomic E-state index is 12.5. The van der Waals surface area contributed by atoms with Crippen LogP contribution in [0.5, 0.6) is 0 Å². The number of benzene rings is 1. The Labute approximate surface area is 121 Å². The first kappa shape index (κ1) is 15.0. The van der Waals surface area contributed by atoms with Crippen LogP contribution in [0.25, 0.3) is 0 Å². The zero-order valence-corrected chi connectivity index (χ0v) is 12.7. The van der Waals surface area contributed by atoms with Crippen molar-refractivity contribution in [3.63, 3.8) is 0 Å². The normalized spacial score (nSPS) is 22.6. The maximum Gasteiger partial charge on any atom is 0.227 e. The van der Waals surface area contributed by atoms with E-state index in [4.69, 9.17) is 5.73 Å². The van der Waals surface area contributed by atoms with E-state index in [9.17, 15) is 4.79 Å².